The third-order valence-corrected chi connectivity index (χ3v) is 10.7. The quantitative estimate of drug-likeness (QED) is 0.311. The first kappa shape index (κ1) is 26.4. The van der Waals surface area contributed by atoms with Crippen LogP contribution in [0.4, 0.5) is 0 Å². The third kappa shape index (κ3) is 5.55. The van der Waals surface area contributed by atoms with Gasteiger partial charge in [-0.1, -0.05) is 36.4 Å². The molecule has 0 aromatic heterocycles. The van der Waals surface area contributed by atoms with E-state index in [4.69, 9.17) is 0 Å². The topological polar surface area (TPSA) is 163 Å². The zero-order valence-electron chi connectivity index (χ0n) is 18.2. The van der Waals surface area contributed by atoms with Gasteiger partial charge < -0.3 is 0 Å². The minimum absolute atomic E-state index is 0.0920. The van der Waals surface area contributed by atoms with E-state index in [1.807, 2.05) is 0 Å². The highest BCUT2D eigenvalue weighted by molar-refractivity contribution is 7.90. The largest absolute Gasteiger partial charge is 0.295 e. The van der Waals surface area contributed by atoms with E-state index in [0.29, 0.717) is 16.7 Å². The molecule has 0 bridgehead atoms. The van der Waals surface area contributed by atoms with Crippen LogP contribution in [0, 0.1) is 20.8 Å². The molecule has 0 aliphatic rings. The zero-order chi connectivity index (χ0) is 25.6. The van der Waals surface area contributed by atoms with Crippen molar-refractivity contribution in [2.24, 2.45) is 0 Å². The average molecular weight is 545 g/mol. The summed E-state index contributed by atoms with van der Waals surface area (Å²) in [6.45, 7) is 4.73. The molecule has 0 spiro atoms. The Bertz CT molecular complexity index is 1420. The van der Waals surface area contributed by atoms with Crippen molar-refractivity contribution in [2.45, 2.75) is 35.5 Å². The SMILES string of the molecule is Cc1ccc(P(c2ccc(C)cc2S(=O)(=O)O)c2ccc(C)cc2S(=O)(=O)O)c(S(=O)(=O)O)c1. The molecule has 0 unspecified atom stereocenters. The molecule has 0 aliphatic heterocycles. The summed E-state index contributed by atoms with van der Waals surface area (Å²) in [5, 5.41) is -0.276. The number of aryl methyl sites for hydroxylation is 3. The second-order valence-corrected chi connectivity index (χ2v) is 14.0. The average Bonchev–Trinajstić information content (AvgIpc) is 2.68. The maximum atomic E-state index is 12.3. The van der Waals surface area contributed by atoms with E-state index in [1.54, 1.807) is 20.8 Å². The number of rotatable bonds is 6. The summed E-state index contributed by atoms with van der Waals surface area (Å²) in [6, 6.07) is 12.1. The smallest absolute Gasteiger partial charge is 0.282 e. The number of benzene rings is 3. The van der Waals surface area contributed by atoms with Crippen LogP contribution >= 0.6 is 7.92 Å². The molecule has 13 heteroatoms. The molecule has 0 atom stereocenters. The molecular formula is C21H21O9PS3. The molecule has 0 radical (unpaired) electrons. The van der Waals surface area contributed by atoms with Crippen molar-refractivity contribution in [2.75, 3.05) is 0 Å². The zero-order valence-corrected chi connectivity index (χ0v) is 21.5. The van der Waals surface area contributed by atoms with Crippen LogP contribution in [0.2, 0.25) is 0 Å². The first-order valence-electron chi connectivity index (χ1n) is 9.55. The van der Waals surface area contributed by atoms with Crippen molar-refractivity contribution in [1.82, 2.24) is 0 Å². The van der Waals surface area contributed by atoms with Crippen LogP contribution in [0.15, 0.2) is 69.3 Å². The van der Waals surface area contributed by atoms with Gasteiger partial charge in [-0.3, -0.25) is 13.7 Å². The van der Waals surface area contributed by atoms with Crippen LogP contribution in [-0.2, 0) is 30.4 Å². The van der Waals surface area contributed by atoms with Gasteiger partial charge in [0.25, 0.3) is 30.4 Å². The molecule has 0 saturated heterocycles. The van der Waals surface area contributed by atoms with Crippen LogP contribution in [0.5, 0.6) is 0 Å². The molecule has 0 heterocycles. The second kappa shape index (κ2) is 9.12. The number of hydrogen-bond acceptors (Lipinski definition) is 6. The molecule has 0 saturated carbocycles. The van der Waals surface area contributed by atoms with E-state index >= 15 is 0 Å². The van der Waals surface area contributed by atoms with Crippen LogP contribution < -0.4 is 15.9 Å². The van der Waals surface area contributed by atoms with Crippen molar-refractivity contribution < 1.29 is 38.9 Å². The minimum Gasteiger partial charge on any atom is -0.282 e. The lowest BCUT2D eigenvalue weighted by Crippen LogP contribution is -2.30. The Hall–Kier alpha value is -2.18. The van der Waals surface area contributed by atoms with E-state index in [-0.39, 0.29) is 15.9 Å². The highest BCUT2D eigenvalue weighted by Gasteiger charge is 2.33. The predicted molar refractivity (Wildman–Crippen MR) is 129 cm³/mol. The lowest BCUT2D eigenvalue weighted by atomic mass is 10.2. The Labute approximate surface area is 199 Å². The van der Waals surface area contributed by atoms with Crippen molar-refractivity contribution in [3.8, 4) is 0 Å². The fourth-order valence-electron chi connectivity index (χ4n) is 3.43. The van der Waals surface area contributed by atoms with Crippen molar-refractivity contribution in [3.63, 3.8) is 0 Å². The summed E-state index contributed by atoms with van der Waals surface area (Å²) in [4.78, 5) is -1.66. The highest BCUT2D eigenvalue weighted by Crippen LogP contribution is 2.40. The highest BCUT2D eigenvalue weighted by atomic mass is 32.2. The van der Waals surface area contributed by atoms with Gasteiger partial charge in [-0.2, -0.15) is 25.3 Å². The second-order valence-electron chi connectivity index (χ2n) is 7.67. The lowest BCUT2D eigenvalue weighted by Gasteiger charge is -2.25. The molecule has 0 aliphatic carbocycles. The van der Waals surface area contributed by atoms with Crippen LogP contribution in [0.25, 0.3) is 0 Å². The summed E-state index contributed by atoms with van der Waals surface area (Å²) in [6.07, 6.45) is 0. The van der Waals surface area contributed by atoms with Gasteiger partial charge in [-0.15, -0.1) is 0 Å². The van der Waals surface area contributed by atoms with Crippen LogP contribution in [-0.4, -0.2) is 38.9 Å². The molecular weight excluding hydrogens is 523 g/mol. The van der Waals surface area contributed by atoms with Crippen LogP contribution in [0.3, 0.4) is 0 Å². The molecule has 182 valence electrons. The Morgan fingerprint density at radius 2 is 0.735 bits per heavy atom. The van der Waals surface area contributed by atoms with Crippen molar-refractivity contribution in [3.05, 3.63) is 71.3 Å². The third-order valence-electron chi connectivity index (χ3n) is 4.90. The predicted octanol–water partition coefficient (Wildman–Crippen LogP) is 2.11. The van der Waals surface area contributed by atoms with E-state index < -0.39 is 53.0 Å². The minimum atomic E-state index is -4.84. The monoisotopic (exact) mass is 544 g/mol. The van der Waals surface area contributed by atoms with Gasteiger partial charge in [-0.05, 0) is 63.6 Å². The first-order chi connectivity index (χ1) is 15.5. The maximum absolute atomic E-state index is 12.3. The van der Waals surface area contributed by atoms with Crippen molar-refractivity contribution >= 4 is 54.2 Å². The summed E-state index contributed by atoms with van der Waals surface area (Å²) in [7, 11) is -16.9. The fraction of sp³-hybridized carbons (Fsp3) is 0.143. The van der Waals surface area contributed by atoms with Gasteiger partial charge in [0.15, 0.2) is 0 Å². The Morgan fingerprint density at radius 1 is 0.500 bits per heavy atom. The van der Waals surface area contributed by atoms with E-state index in [2.05, 4.69) is 0 Å². The fourth-order valence-corrected chi connectivity index (χ4v) is 9.59. The van der Waals surface area contributed by atoms with Gasteiger partial charge >= 0.3 is 0 Å². The van der Waals surface area contributed by atoms with Gasteiger partial charge in [0.05, 0.1) is 0 Å². The Kier molecular flexibility index (Phi) is 7.09. The summed E-state index contributed by atoms with van der Waals surface area (Å²) < 4.78 is 103. The normalized spacial score (nSPS) is 12.8. The lowest BCUT2D eigenvalue weighted by molar-refractivity contribution is 0.481. The van der Waals surface area contributed by atoms with E-state index in [0.717, 1.165) is 0 Å². The summed E-state index contributed by atoms with van der Waals surface area (Å²) >= 11 is 0. The molecule has 0 amide bonds. The Morgan fingerprint density at radius 3 is 0.941 bits per heavy atom. The molecule has 34 heavy (non-hydrogen) atoms. The van der Waals surface area contributed by atoms with E-state index in [9.17, 15) is 38.9 Å². The maximum Gasteiger partial charge on any atom is 0.295 e. The van der Waals surface area contributed by atoms with Crippen LogP contribution in [0.1, 0.15) is 16.7 Å². The number of hydrogen-bond donors (Lipinski definition) is 3. The van der Waals surface area contributed by atoms with Gasteiger partial charge in [-0.25, -0.2) is 0 Å². The summed E-state index contributed by atoms with van der Waals surface area (Å²) in [5.41, 5.74) is 1.39. The molecule has 0 fully saturated rings. The van der Waals surface area contributed by atoms with Gasteiger partial charge in [0.1, 0.15) is 14.7 Å². The standard InChI is InChI=1S/C21H21O9PS3/c1-13-4-7-16(19(10-13)32(22,23)24)31(17-8-5-14(2)11-20(17)33(25,26)27)18-9-6-15(3)12-21(18)34(28,29)30/h4-12H,1-3H3,(H,22,23,24)(H,25,26,27)(H,28,29,30). The molecule has 3 N–H and O–H groups in total. The van der Waals surface area contributed by atoms with Gasteiger partial charge in [0.2, 0.25) is 0 Å². The molecule has 9 nitrogen and oxygen atoms in total. The molecule has 3 rings (SSSR count). The molecule has 3 aromatic carbocycles. The van der Waals surface area contributed by atoms with Gasteiger partial charge in [0, 0.05) is 15.9 Å². The first-order valence-corrected chi connectivity index (χ1v) is 15.2. The van der Waals surface area contributed by atoms with Crippen molar-refractivity contribution in [1.29, 1.82) is 0 Å². The summed E-state index contributed by atoms with van der Waals surface area (Å²) in [5.74, 6) is 0. The Balaban J connectivity index is 2.59. The van der Waals surface area contributed by atoms with E-state index in [1.165, 1.54) is 54.6 Å². The molecule has 3 aromatic rings.